The van der Waals surface area contributed by atoms with Crippen molar-refractivity contribution in [3.05, 3.63) is 60.8 Å². The molecular weight excluding hydrogens is 947 g/mol. The van der Waals surface area contributed by atoms with Crippen molar-refractivity contribution in [1.82, 2.24) is 5.32 Å². The minimum atomic E-state index is -1.55. The lowest BCUT2D eigenvalue weighted by Crippen LogP contribution is -2.60. The van der Waals surface area contributed by atoms with Gasteiger partial charge in [-0.1, -0.05) is 299 Å². The maximum atomic E-state index is 13.1. The number of unbranched alkanes of at least 4 members (excludes halogenated alkanes) is 36. The van der Waals surface area contributed by atoms with Crippen LogP contribution in [0.5, 0.6) is 0 Å². The fourth-order valence-electron chi connectivity index (χ4n) is 10.3. The lowest BCUT2D eigenvalue weighted by atomic mass is 9.99. The SMILES string of the molecule is CC/C=C\C/C=C\C/C=C\C/C=C\C/C=C\CCCCCCCCCCCCCCCCCCCCCCCCCCCC(=O)NC(COC1OC(CO)C(O)C(O)C1O)C(O)CCCCCCCCCCCCCC. The van der Waals surface area contributed by atoms with Crippen molar-refractivity contribution < 1.29 is 39.8 Å². The number of nitrogens with one attached hydrogen (secondary N) is 1. The lowest BCUT2D eigenvalue weighted by Gasteiger charge is -2.40. The molecule has 1 heterocycles. The quantitative estimate of drug-likeness (QED) is 0.0261. The molecule has 1 rings (SSSR count). The number of allylic oxidation sites excluding steroid dienone is 10. The van der Waals surface area contributed by atoms with Crippen molar-refractivity contribution in [1.29, 1.82) is 0 Å². The first-order valence-electron chi connectivity index (χ1n) is 32.5. The summed E-state index contributed by atoms with van der Waals surface area (Å²) >= 11 is 0. The molecule has 0 aromatic carbocycles. The van der Waals surface area contributed by atoms with Gasteiger partial charge in [-0.15, -0.1) is 0 Å². The summed E-state index contributed by atoms with van der Waals surface area (Å²) < 4.78 is 11.3. The van der Waals surface area contributed by atoms with Gasteiger partial charge in [-0.05, 0) is 57.8 Å². The van der Waals surface area contributed by atoms with Crippen LogP contribution in [0.25, 0.3) is 0 Å². The summed E-state index contributed by atoms with van der Waals surface area (Å²) in [4.78, 5) is 13.1. The Kier molecular flexibility index (Phi) is 53.1. The van der Waals surface area contributed by atoms with Crippen LogP contribution in [0.4, 0.5) is 0 Å². The minimum absolute atomic E-state index is 0.135. The predicted molar refractivity (Wildman–Crippen MR) is 322 cm³/mol. The number of hydrogen-bond donors (Lipinski definition) is 6. The van der Waals surface area contributed by atoms with Crippen molar-refractivity contribution in [3.8, 4) is 0 Å². The number of hydrogen-bond acceptors (Lipinski definition) is 8. The van der Waals surface area contributed by atoms with Crippen LogP contribution in [-0.2, 0) is 14.3 Å². The standard InChI is InChI=1S/C67H123NO8/c1-3-5-7-9-11-13-15-17-18-19-20-21-22-23-24-25-26-27-28-29-30-31-32-33-34-35-36-37-38-39-40-41-42-43-44-45-47-49-51-53-55-57-63(71)68-60(59-75-67-66(74)65(73)64(72)62(58-69)76-67)61(70)56-54-52-50-48-46-16-14-12-10-8-6-4-2/h5,7,11,13,17-18,20-21,23-24,60-62,64-67,69-70,72-74H,3-4,6,8-10,12,14-16,19,22,25-59H2,1-2H3,(H,68,71)/b7-5-,13-11-,18-17-,21-20-,24-23-. The van der Waals surface area contributed by atoms with Gasteiger partial charge in [0, 0.05) is 6.42 Å². The Hall–Kier alpha value is -2.11. The van der Waals surface area contributed by atoms with Gasteiger partial charge < -0.3 is 40.3 Å². The molecule has 0 aliphatic carbocycles. The summed E-state index contributed by atoms with van der Waals surface area (Å²) in [6.07, 6.45) is 70.1. The summed E-state index contributed by atoms with van der Waals surface area (Å²) in [7, 11) is 0. The molecule has 1 aliphatic heterocycles. The summed E-state index contributed by atoms with van der Waals surface area (Å²) in [5.41, 5.74) is 0. The molecule has 0 spiro atoms. The van der Waals surface area contributed by atoms with E-state index < -0.39 is 49.5 Å². The molecule has 0 bridgehead atoms. The third-order valence-electron chi connectivity index (χ3n) is 15.4. The van der Waals surface area contributed by atoms with Crippen LogP contribution in [0.1, 0.15) is 303 Å². The normalized spacial score (nSPS) is 19.2. The molecule has 0 aromatic rings. The van der Waals surface area contributed by atoms with E-state index in [0.717, 1.165) is 70.6 Å². The third-order valence-corrected chi connectivity index (χ3v) is 15.4. The molecule has 0 radical (unpaired) electrons. The molecule has 6 N–H and O–H groups in total. The largest absolute Gasteiger partial charge is 0.394 e. The van der Waals surface area contributed by atoms with Gasteiger partial charge in [-0.2, -0.15) is 0 Å². The number of carbonyl (C=O) groups is 1. The Labute approximate surface area is 468 Å². The zero-order chi connectivity index (χ0) is 55.0. The van der Waals surface area contributed by atoms with Crippen molar-refractivity contribution in [3.63, 3.8) is 0 Å². The van der Waals surface area contributed by atoms with E-state index in [4.69, 9.17) is 9.47 Å². The maximum absolute atomic E-state index is 13.1. The molecule has 9 heteroatoms. The van der Waals surface area contributed by atoms with Crippen LogP contribution in [-0.4, -0.2) is 87.5 Å². The van der Waals surface area contributed by atoms with Crippen LogP contribution in [0, 0.1) is 0 Å². The fraction of sp³-hybridized carbons (Fsp3) is 0.836. The zero-order valence-electron chi connectivity index (χ0n) is 49.5. The summed E-state index contributed by atoms with van der Waals surface area (Å²) in [6, 6.07) is -0.717. The minimum Gasteiger partial charge on any atom is -0.394 e. The number of ether oxygens (including phenoxy) is 2. The highest BCUT2D eigenvalue weighted by molar-refractivity contribution is 5.76. The third kappa shape index (κ3) is 44.7. The van der Waals surface area contributed by atoms with Crippen molar-refractivity contribution >= 4 is 5.91 Å². The first-order valence-corrected chi connectivity index (χ1v) is 32.5. The number of rotatable bonds is 56. The summed E-state index contributed by atoms with van der Waals surface area (Å²) in [5.74, 6) is -0.140. The average Bonchev–Trinajstić information content (AvgIpc) is 3.42. The second kappa shape index (κ2) is 56.2. The van der Waals surface area contributed by atoms with Gasteiger partial charge in [0.15, 0.2) is 6.29 Å². The van der Waals surface area contributed by atoms with Gasteiger partial charge in [0.05, 0.1) is 25.4 Å². The molecule has 7 unspecified atom stereocenters. The molecule has 76 heavy (non-hydrogen) atoms. The molecule has 0 saturated carbocycles. The van der Waals surface area contributed by atoms with Crippen LogP contribution in [0.2, 0.25) is 0 Å². The van der Waals surface area contributed by atoms with Gasteiger partial charge in [-0.3, -0.25) is 4.79 Å². The molecular formula is C67H123NO8. The van der Waals surface area contributed by atoms with Gasteiger partial charge in [-0.25, -0.2) is 0 Å². The Morgan fingerprint density at radius 3 is 1.21 bits per heavy atom. The van der Waals surface area contributed by atoms with E-state index in [1.807, 2.05) is 0 Å². The lowest BCUT2D eigenvalue weighted by molar-refractivity contribution is -0.302. The van der Waals surface area contributed by atoms with Crippen molar-refractivity contribution in [2.24, 2.45) is 0 Å². The molecule has 1 amide bonds. The van der Waals surface area contributed by atoms with Gasteiger partial charge in [0.25, 0.3) is 0 Å². The highest BCUT2D eigenvalue weighted by atomic mass is 16.7. The van der Waals surface area contributed by atoms with E-state index in [0.29, 0.717) is 12.8 Å². The average molecular weight is 1070 g/mol. The maximum Gasteiger partial charge on any atom is 0.220 e. The Morgan fingerprint density at radius 2 is 0.816 bits per heavy atom. The number of carbonyl (C=O) groups excluding carboxylic acids is 1. The van der Waals surface area contributed by atoms with E-state index in [-0.39, 0.29) is 12.5 Å². The first kappa shape index (κ1) is 71.9. The van der Waals surface area contributed by atoms with E-state index in [1.54, 1.807) is 0 Å². The van der Waals surface area contributed by atoms with Crippen LogP contribution in [0.3, 0.4) is 0 Å². The smallest absolute Gasteiger partial charge is 0.220 e. The summed E-state index contributed by atoms with van der Waals surface area (Å²) in [5, 5.41) is 54.6. The molecule has 1 aliphatic rings. The second-order valence-corrected chi connectivity index (χ2v) is 22.5. The summed E-state index contributed by atoms with van der Waals surface area (Å²) in [6.45, 7) is 3.73. The Morgan fingerprint density at radius 1 is 0.461 bits per heavy atom. The van der Waals surface area contributed by atoms with Crippen LogP contribution in [0.15, 0.2) is 60.8 Å². The highest BCUT2D eigenvalue weighted by Crippen LogP contribution is 2.23. The van der Waals surface area contributed by atoms with E-state index in [2.05, 4.69) is 79.9 Å². The van der Waals surface area contributed by atoms with Crippen LogP contribution < -0.4 is 5.32 Å². The van der Waals surface area contributed by atoms with Gasteiger partial charge >= 0.3 is 0 Å². The Bertz CT molecular complexity index is 1380. The molecule has 1 saturated heterocycles. The monoisotopic (exact) mass is 1070 g/mol. The van der Waals surface area contributed by atoms with Crippen molar-refractivity contribution in [2.45, 2.75) is 346 Å². The molecule has 0 aromatic heterocycles. The molecule has 9 nitrogen and oxygen atoms in total. The predicted octanol–water partition coefficient (Wildman–Crippen LogP) is 17.0. The zero-order valence-corrected chi connectivity index (χ0v) is 49.5. The van der Waals surface area contributed by atoms with Crippen molar-refractivity contribution in [2.75, 3.05) is 13.2 Å². The highest BCUT2D eigenvalue weighted by Gasteiger charge is 2.44. The second-order valence-electron chi connectivity index (χ2n) is 22.5. The van der Waals surface area contributed by atoms with Crippen LogP contribution >= 0.6 is 0 Å². The first-order chi connectivity index (χ1) is 37.3. The number of aliphatic hydroxyl groups excluding tert-OH is 5. The van der Waals surface area contributed by atoms with E-state index in [1.165, 1.54) is 205 Å². The molecule has 1 fully saturated rings. The molecule has 444 valence electrons. The number of amides is 1. The van der Waals surface area contributed by atoms with E-state index in [9.17, 15) is 30.3 Å². The van der Waals surface area contributed by atoms with E-state index >= 15 is 0 Å². The van der Waals surface area contributed by atoms with Gasteiger partial charge in [0.2, 0.25) is 5.91 Å². The van der Waals surface area contributed by atoms with Gasteiger partial charge in [0.1, 0.15) is 24.4 Å². The molecule has 7 atom stereocenters. The Balaban J connectivity index is 2.00. The topological polar surface area (TPSA) is 149 Å². The fourth-order valence-corrected chi connectivity index (χ4v) is 10.3. The number of aliphatic hydroxyl groups is 5.